The summed E-state index contributed by atoms with van der Waals surface area (Å²) < 4.78 is 13.4. The summed E-state index contributed by atoms with van der Waals surface area (Å²) in [5.74, 6) is -0.887. The van der Waals surface area contributed by atoms with Crippen molar-refractivity contribution in [3.63, 3.8) is 0 Å². The third-order valence-corrected chi connectivity index (χ3v) is 3.76. The molecule has 1 N–H and O–H groups in total. The van der Waals surface area contributed by atoms with E-state index in [0.29, 0.717) is 5.69 Å². The van der Waals surface area contributed by atoms with Gasteiger partial charge in [-0.2, -0.15) is 0 Å². The number of anilines is 1. The SMILES string of the molecule is CNC(=O)CN(C(=O)CC1=CCCCC1)c1cccc(F)c1. The van der Waals surface area contributed by atoms with Crippen LogP contribution in [0.1, 0.15) is 32.1 Å². The van der Waals surface area contributed by atoms with E-state index < -0.39 is 5.82 Å². The highest BCUT2D eigenvalue weighted by atomic mass is 19.1. The Kier molecular flexibility index (Phi) is 5.69. The lowest BCUT2D eigenvalue weighted by Gasteiger charge is -2.23. The summed E-state index contributed by atoms with van der Waals surface area (Å²) in [6.45, 7) is -0.105. The molecule has 0 aromatic heterocycles. The first-order valence-corrected chi connectivity index (χ1v) is 7.54. The van der Waals surface area contributed by atoms with Crippen molar-refractivity contribution in [3.8, 4) is 0 Å². The molecule has 5 heteroatoms. The fourth-order valence-electron chi connectivity index (χ4n) is 2.55. The van der Waals surface area contributed by atoms with Gasteiger partial charge < -0.3 is 10.2 Å². The van der Waals surface area contributed by atoms with Gasteiger partial charge in [0.1, 0.15) is 12.4 Å². The van der Waals surface area contributed by atoms with Crippen LogP contribution in [0.3, 0.4) is 0 Å². The highest BCUT2D eigenvalue weighted by Gasteiger charge is 2.20. The summed E-state index contributed by atoms with van der Waals surface area (Å²) in [6, 6.07) is 5.76. The van der Waals surface area contributed by atoms with Gasteiger partial charge in [0, 0.05) is 19.2 Å². The first-order chi connectivity index (χ1) is 10.6. The van der Waals surface area contributed by atoms with Crippen molar-refractivity contribution in [1.29, 1.82) is 0 Å². The van der Waals surface area contributed by atoms with Crippen molar-refractivity contribution in [1.82, 2.24) is 5.32 Å². The molecule has 1 aromatic rings. The molecule has 22 heavy (non-hydrogen) atoms. The molecule has 2 amide bonds. The third-order valence-electron chi connectivity index (χ3n) is 3.76. The van der Waals surface area contributed by atoms with Crippen LogP contribution in [-0.4, -0.2) is 25.4 Å². The number of hydrogen-bond acceptors (Lipinski definition) is 2. The van der Waals surface area contributed by atoms with E-state index in [-0.39, 0.29) is 24.8 Å². The first kappa shape index (κ1) is 16.2. The Morgan fingerprint density at radius 2 is 2.14 bits per heavy atom. The Balaban J connectivity index is 2.17. The Morgan fingerprint density at radius 3 is 2.77 bits per heavy atom. The zero-order valence-electron chi connectivity index (χ0n) is 12.8. The highest BCUT2D eigenvalue weighted by molar-refractivity contribution is 5.99. The number of nitrogens with one attached hydrogen (secondary N) is 1. The van der Waals surface area contributed by atoms with E-state index in [2.05, 4.69) is 11.4 Å². The summed E-state index contributed by atoms with van der Waals surface area (Å²) in [6.07, 6.45) is 6.55. The fraction of sp³-hybridized carbons (Fsp3) is 0.412. The smallest absolute Gasteiger partial charge is 0.239 e. The predicted molar refractivity (Wildman–Crippen MR) is 84.0 cm³/mol. The monoisotopic (exact) mass is 304 g/mol. The fourth-order valence-corrected chi connectivity index (χ4v) is 2.55. The van der Waals surface area contributed by atoms with Crippen LogP contribution < -0.4 is 10.2 Å². The molecule has 2 rings (SSSR count). The van der Waals surface area contributed by atoms with Gasteiger partial charge in [0.15, 0.2) is 0 Å². The molecule has 0 heterocycles. The average Bonchev–Trinajstić information content (AvgIpc) is 2.53. The lowest BCUT2D eigenvalue weighted by Crippen LogP contribution is -2.40. The molecular weight excluding hydrogens is 283 g/mol. The van der Waals surface area contributed by atoms with Crippen LogP contribution in [0.4, 0.5) is 10.1 Å². The second-order valence-corrected chi connectivity index (χ2v) is 5.42. The standard InChI is InChI=1S/C17H21FN2O2/c1-19-16(21)12-20(15-9-5-8-14(18)11-15)17(22)10-13-6-3-2-4-7-13/h5-6,8-9,11H,2-4,7,10,12H2,1H3,(H,19,21). The van der Waals surface area contributed by atoms with Crippen molar-refractivity contribution in [2.45, 2.75) is 32.1 Å². The lowest BCUT2D eigenvalue weighted by atomic mass is 9.97. The van der Waals surface area contributed by atoms with Gasteiger partial charge in [-0.25, -0.2) is 4.39 Å². The summed E-state index contributed by atoms with van der Waals surface area (Å²) in [5, 5.41) is 2.50. The number of amides is 2. The van der Waals surface area contributed by atoms with Gasteiger partial charge in [-0.05, 0) is 43.9 Å². The lowest BCUT2D eigenvalue weighted by molar-refractivity contribution is -0.123. The Morgan fingerprint density at radius 1 is 1.32 bits per heavy atom. The minimum Gasteiger partial charge on any atom is -0.358 e. The van der Waals surface area contributed by atoms with Crippen LogP contribution in [0.25, 0.3) is 0 Å². The van der Waals surface area contributed by atoms with Crippen molar-refractivity contribution in [2.24, 2.45) is 0 Å². The zero-order valence-corrected chi connectivity index (χ0v) is 12.8. The number of likely N-dealkylation sites (N-methyl/N-ethyl adjacent to an activating group) is 1. The number of carbonyl (C=O) groups excluding carboxylic acids is 2. The number of nitrogens with zero attached hydrogens (tertiary/aromatic N) is 1. The molecule has 1 aliphatic carbocycles. The van der Waals surface area contributed by atoms with Gasteiger partial charge >= 0.3 is 0 Å². The van der Waals surface area contributed by atoms with Gasteiger partial charge in [0.05, 0.1) is 0 Å². The molecule has 0 spiro atoms. The number of carbonyl (C=O) groups is 2. The van der Waals surface area contributed by atoms with E-state index in [1.165, 1.54) is 30.1 Å². The maximum absolute atomic E-state index is 13.4. The minimum atomic E-state index is -0.427. The molecule has 0 bridgehead atoms. The van der Waals surface area contributed by atoms with E-state index in [4.69, 9.17) is 0 Å². The predicted octanol–water partition coefficient (Wildman–Crippen LogP) is 2.80. The van der Waals surface area contributed by atoms with Crippen molar-refractivity contribution in [3.05, 3.63) is 41.7 Å². The largest absolute Gasteiger partial charge is 0.358 e. The zero-order chi connectivity index (χ0) is 15.9. The van der Waals surface area contributed by atoms with Gasteiger partial charge in [-0.1, -0.05) is 17.7 Å². The molecule has 0 fully saturated rings. The number of benzene rings is 1. The van der Waals surface area contributed by atoms with Gasteiger partial charge in [-0.15, -0.1) is 0 Å². The van der Waals surface area contributed by atoms with Crippen LogP contribution in [0.15, 0.2) is 35.9 Å². The number of hydrogen-bond donors (Lipinski definition) is 1. The molecule has 118 valence electrons. The molecule has 1 aliphatic rings. The topological polar surface area (TPSA) is 49.4 Å². The Hall–Kier alpha value is -2.17. The molecule has 4 nitrogen and oxygen atoms in total. The van der Waals surface area contributed by atoms with Gasteiger partial charge in [0.2, 0.25) is 11.8 Å². The second-order valence-electron chi connectivity index (χ2n) is 5.42. The summed E-state index contributed by atoms with van der Waals surface area (Å²) >= 11 is 0. The minimum absolute atomic E-state index is 0.105. The molecule has 0 aliphatic heterocycles. The van der Waals surface area contributed by atoms with E-state index in [9.17, 15) is 14.0 Å². The molecule has 1 aromatic carbocycles. The quantitative estimate of drug-likeness (QED) is 0.850. The third kappa shape index (κ3) is 4.41. The molecular formula is C17H21FN2O2. The van der Waals surface area contributed by atoms with Crippen LogP contribution in [0.2, 0.25) is 0 Å². The van der Waals surface area contributed by atoms with Crippen LogP contribution in [-0.2, 0) is 9.59 Å². The maximum atomic E-state index is 13.4. The molecule has 0 saturated heterocycles. The summed E-state index contributed by atoms with van der Waals surface area (Å²) in [7, 11) is 1.51. The van der Waals surface area contributed by atoms with Crippen molar-refractivity contribution >= 4 is 17.5 Å². The molecule has 0 atom stereocenters. The second kappa shape index (κ2) is 7.73. The summed E-state index contributed by atoms with van der Waals surface area (Å²) in [4.78, 5) is 25.6. The van der Waals surface area contributed by atoms with Crippen molar-refractivity contribution in [2.75, 3.05) is 18.5 Å². The first-order valence-electron chi connectivity index (χ1n) is 7.54. The van der Waals surface area contributed by atoms with E-state index >= 15 is 0 Å². The highest BCUT2D eigenvalue weighted by Crippen LogP contribution is 2.23. The molecule has 0 radical (unpaired) electrons. The Bertz CT molecular complexity index is 584. The number of rotatable bonds is 5. The molecule has 0 unspecified atom stereocenters. The van der Waals surface area contributed by atoms with E-state index in [1.807, 2.05) is 0 Å². The Labute approximate surface area is 130 Å². The van der Waals surface area contributed by atoms with E-state index in [1.54, 1.807) is 6.07 Å². The van der Waals surface area contributed by atoms with Crippen LogP contribution in [0.5, 0.6) is 0 Å². The van der Waals surface area contributed by atoms with Gasteiger partial charge in [-0.3, -0.25) is 9.59 Å². The van der Waals surface area contributed by atoms with E-state index in [0.717, 1.165) is 31.3 Å². The van der Waals surface area contributed by atoms with Crippen LogP contribution >= 0.6 is 0 Å². The van der Waals surface area contributed by atoms with Crippen molar-refractivity contribution < 1.29 is 14.0 Å². The number of halogens is 1. The normalized spacial score (nSPS) is 14.2. The molecule has 0 saturated carbocycles. The average molecular weight is 304 g/mol. The number of allylic oxidation sites excluding steroid dienone is 1. The maximum Gasteiger partial charge on any atom is 0.239 e. The summed E-state index contributed by atoms with van der Waals surface area (Å²) in [5.41, 5.74) is 1.51. The van der Waals surface area contributed by atoms with Gasteiger partial charge in [0.25, 0.3) is 0 Å². The van der Waals surface area contributed by atoms with Crippen LogP contribution in [0, 0.1) is 5.82 Å².